The van der Waals surface area contributed by atoms with Gasteiger partial charge in [-0.2, -0.15) is 13.2 Å². The monoisotopic (exact) mass is 532 g/mol. The molecule has 4 aromatic carbocycles. The molecule has 3 heterocycles. The predicted molar refractivity (Wildman–Crippen MR) is 159 cm³/mol. The molecule has 2 nitrogen and oxygen atoms in total. The summed E-state index contributed by atoms with van der Waals surface area (Å²) in [6.45, 7) is 8.72. The lowest BCUT2D eigenvalue weighted by Gasteiger charge is -2.21. The van der Waals surface area contributed by atoms with E-state index in [4.69, 9.17) is 0 Å². The maximum absolute atomic E-state index is 13.8. The van der Waals surface area contributed by atoms with Crippen molar-refractivity contribution < 1.29 is 13.2 Å². The number of halogens is 3. The Morgan fingerprint density at radius 1 is 0.625 bits per heavy atom. The third kappa shape index (κ3) is 3.68. The summed E-state index contributed by atoms with van der Waals surface area (Å²) < 4.78 is 43.6. The highest BCUT2D eigenvalue weighted by atomic mass is 19.4. The van der Waals surface area contributed by atoms with Gasteiger partial charge in [0, 0.05) is 22.4 Å². The summed E-state index contributed by atoms with van der Waals surface area (Å²) in [5.41, 5.74) is 7.02. The van der Waals surface area contributed by atoms with E-state index in [1.54, 1.807) is 0 Å². The normalized spacial score (nSPS) is 12.9. The van der Waals surface area contributed by atoms with Gasteiger partial charge in [0.25, 0.3) is 0 Å². The van der Waals surface area contributed by atoms with E-state index in [1.165, 1.54) is 11.6 Å². The summed E-state index contributed by atoms with van der Waals surface area (Å²) >= 11 is 0. The van der Waals surface area contributed by atoms with Gasteiger partial charge in [-0.05, 0) is 75.7 Å². The molecule has 198 valence electrons. The minimum Gasteiger partial charge on any atom is -0.308 e. The van der Waals surface area contributed by atoms with E-state index >= 15 is 0 Å². The van der Waals surface area contributed by atoms with Crippen LogP contribution in [0, 0.1) is 6.92 Å². The Hall–Kier alpha value is -4.38. The molecule has 0 N–H and O–H groups in total. The Morgan fingerprint density at radius 2 is 1.32 bits per heavy atom. The number of benzene rings is 4. The van der Waals surface area contributed by atoms with Crippen molar-refractivity contribution in [1.29, 1.82) is 0 Å². The standard InChI is InChI=1S/C35H27F3N2/c1-20-14-23(34(2,3)4)12-13-25(20)26-10-7-11-30-27(26)18-32-29-17-24(35(36,37)38)19-39-33(29)28-15-21-8-5-6-9-22(21)16-31(28)40(30)32/h5-19H,1-4H3. The Morgan fingerprint density at radius 3 is 2.02 bits per heavy atom. The number of nitrogens with zero attached hydrogens (tertiary/aromatic N) is 2. The van der Waals surface area contributed by atoms with E-state index in [0.717, 1.165) is 55.5 Å². The number of alkyl halides is 3. The van der Waals surface area contributed by atoms with E-state index in [-0.39, 0.29) is 5.41 Å². The minimum absolute atomic E-state index is 0.0317. The van der Waals surface area contributed by atoms with Gasteiger partial charge in [-0.1, -0.05) is 75.4 Å². The van der Waals surface area contributed by atoms with E-state index in [1.807, 2.05) is 42.5 Å². The molecule has 0 spiro atoms. The number of aryl methyl sites for hydroxylation is 1. The quantitative estimate of drug-likeness (QED) is 0.152. The highest BCUT2D eigenvalue weighted by Gasteiger charge is 2.32. The van der Waals surface area contributed by atoms with Crippen molar-refractivity contribution in [1.82, 2.24) is 9.38 Å². The molecule has 0 radical (unpaired) electrons. The average Bonchev–Trinajstić information content (AvgIpc) is 3.31. The first kappa shape index (κ1) is 24.6. The average molecular weight is 533 g/mol. The van der Waals surface area contributed by atoms with Crippen molar-refractivity contribution in [2.24, 2.45) is 0 Å². The molecule has 0 aliphatic rings. The van der Waals surface area contributed by atoms with Crippen molar-refractivity contribution >= 4 is 49.0 Å². The number of fused-ring (bicyclic) bond motifs is 9. The summed E-state index contributed by atoms with van der Waals surface area (Å²) in [7, 11) is 0. The van der Waals surface area contributed by atoms with Crippen molar-refractivity contribution in [2.45, 2.75) is 39.3 Å². The van der Waals surface area contributed by atoms with Crippen LogP contribution in [0.2, 0.25) is 0 Å². The van der Waals surface area contributed by atoms with Gasteiger partial charge in [-0.25, -0.2) is 0 Å². The Balaban J connectivity index is 1.64. The number of pyridine rings is 2. The maximum Gasteiger partial charge on any atom is 0.417 e. The van der Waals surface area contributed by atoms with Crippen LogP contribution in [0.25, 0.3) is 60.1 Å². The second-order valence-corrected chi connectivity index (χ2v) is 11.7. The smallest absolute Gasteiger partial charge is 0.308 e. The maximum atomic E-state index is 13.8. The van der Waals surface area contributed by atoms with Crippen LogP contribution < -0.4 is 0 Å². The number of aromatic nitrogens is 2. The summed E-state index contributed by atoms with van der Waals surface area (Å²) in [4.78, 5) is 4.40. The van der Waals surface area contributed by atoms with Crippen molar-refractivity contribution in [3.8, 4) is 11.1 Å². The predicted octanol–water partition coefficient (Wildman–Crippen LogP) is 10.2. The molecule has 0 aliphatic heterocycles. The van der Waals surface area contributed by atoms with Gasteiger partial charge in [0.1, 0.15) is 0 Å². The van der Waals surface area contributed by atoms with Gasteiger partial charge in [0.15, 0.2) is 0 Å². The largest absolute Gasteiger partial charge is 0.417 e. The molecule has 5 heteroatoms. The third-order valence-corrected chi connectivity index (χ3v) is 8.08. The van der Waals surface area contributed by atoms with Crippen LogP contribution >= 0.6 is 0 Å². The molecule has 0 amide bonds. The molecule has 0 aliphatic carbocycles. The molecule has 40 heavy (non-hydrogen) atoms. The first-order chi connectivity index (χ1) is 19.0. The lowest BCUT2D eigenvalue weighted by Crippen LogP contribution is -2.11. The lowest BCUT2D eigenvalue weighted by atomic mass is 9.84. The van der Waals surface area contributed by atoms with Gasteiger partial charge < -0.3 is 4.40 Å². The topological polar surface area (TPSA) is 17.3 Å². The second kappa shape index (κ2) is 8.31. The van der Waals surface area contributed by atoms with Crippen molar-refractivity contribution in [3.63, 3.8) is 0 Å². The zero-order chi connectivity index (χ0) is 28.0. The second-order valence-electron chi connectivity index (χ2n) is 11.7. The minimum atomic E-state index is -4.49. The van der Waals surface area contributed by atoms with Gasteiger partial charge in [0.2, 0.25) is 0 Å². The number of hydrogen-bond donors (Lipinski definition) is 0. The molecule has 0 saturated carbocycles. The molecular formula is C35H27F3N2. The molecule has 0 atom stereocenters. The summed E-state index contributed by atoms with van der Waals surface area (Å²) in [6.07, 6.45) is -3.54. The van der Waals surface area contributed by atoms with Crippen LogP contribution in [0.1, 0.15) is 37.5 Å². The molecule has 3 aromatic heterocycles. The van der Waals surface area contributed by atoms with Crippen LogP contribution in [-0.4, -0.2) is 9.38 Å². The van der Waals surface area contributed by atoms with Crippen LogP contribution in [0.15, 0.2) is 91.1 Å². The first-order valence-electron chi connectivity index (χ1n) is 13.4. The highest BCUT2D eigenvalue weighted by molar-refractivity contribution is 6.17. The SMILES string of the molecule is Cc1cc(C(C)(C)C)ccc1-c1cccc2c1cc1c3cc(C(F)(F)F)cnc3c3cc4ccccc4cc3n21. The summed E-state index contributed by atoms with van der Waals surface area (Å²) in [6, 6.07) is 28.2. The van der Waals surface area contributed by atoms with E-state index < -0.39 is 11.7 Å². The number of hydrogen-bond acceptors (Lipinski definition) is 1. The fourth-order valence-electron chi connectivity index (χ4n) is 5.99. The summed E-state index contributed by atoms with van der Waals surface area (Å²) in [5, 5.41) is 4.38. The zero-order valence-electron chi connectivity index (χ0n) is 22.7. The lowest BCUT2D eigenvalue weighted by molar-refractivity contribution is -0.137. The molecule has 0 unspecified atom stereocenters. The van der Waals surface area contributed by atoms with Crippen LogP contribution in [0.5, 0.6) is 0 Å². The zero-order valence-corrected chi connectivity index (χ0v) is 22.7. The van der Waals surface area contributed by atoms with Gasteiger partial charge in [-0.3, -0.25) is 4.98 Å². The van der Waals surface area contributed by atoms with Crippen LogP contribution in [0.3, 0.4) is 0 Å². The van der Waals surface area contributed by atoms with Gasteiger partial charge in [0.05, 0.1) is 27.6 Å². The van der Waals surface area contributed by atoms with E-state index in [9.17, 15) is 13.2 Å². The fourth-order valence-corrected chi connectivity index (χ4v) is 5.99. The van der Waals surface area contributed by atoms with Crippen molar-refractivity contribution in [3.05, 3.63) is 108 Å². The van der Waals surface area contributed by atoms with E-state index in [2.05, 4.69) is 73.5 Å². The van der Waals surface area contributed by atoms with E-state index in [0.29, 0.717) is 16.4 Å². The van der Waals surface area contributed by atoms with Gasteiger partial charge >= 0.3 is 6.18 Å². The molecule has 0 bridgehead atoms. The summed E-state index contributed by atoms with van der Waals surface area (Å²) in [5.74, 6) is 0. The third-order valence-electron chi connectivity index (χ3n) is 8.08. The van der Waals surface area contributed by atoms with Crippen LogP contribution in [0.4, 0.5) is 13.2 Å². The molecular weight excluding hydrogens is 505 g/mol. The molecule has 0 fully saturated rings. The van der Waals surface area contributed by atoms with Crippen molar-refractivity contribution in [2.75, 3.05) is 0 Å². The first-order valence-corrected chi connectivity index (χ1v) is 13.4. The fraction of sp³-hybridized carbons (Fsp3) is 0.171. The Kier molecular flexibility index (Phi) is 5.12. The Labute approximate surface area is 229 Å². The Bertz CT molecular complexity index is 2140. The van der Waals surface area contributed by atoms with Gasteiger partial charge in [-0.15, -0.1) is 0 Å². The highest BCUT2D eigenvalue weighted by Crippen LogP contribution is 2.41. The molecule has 7 aromatic rings. The molecule has 7 rings (SSSR count). The number of rotatable bonds is 1. The molecule has 0 saturated heterocycles. The van der Waals surface area contributed by atoms with Crippen LogP contribution in [-0.2, 0) is 11.6 Å².